The van der Waals surface area contributed by atoms with Crippen molar-refractivity contribution in [2.45, 2.75) is 46.1 Å². The van der Waals surface area contributed by atoms with E-state index in [0.29, 0.717) is 5.92 Å². The predicted octanol–water partition coefficient (Wildman–Crippen LogP) is 2.85. The molecule has 0 aliphatic rings. The van der Waals surface area contributed by atoms with Crippen LogP contribution < -0.4 is 5.73 Å². The summed E-state index contributed by atoms with van der Waals surface area (Å²) in [6, 6.07) is 0.121. The third kappa shape index (κ3) is 2.29. The van der Waals surface area contributed by atoms with Gasteiger partial charge >= 0.3 is 0 Å². The van der Waals surface area contributed by atoms with Crippen molar-refractivity contribution in [1.29, 1.82) is 0 Å². The van der Waals surface area contributed by atoms with Crippen molar-refractivity contribution in [3.63, 3.8) is 0 Å². The minimum absolute atomic E-state index is 0.121. The molecule has 0 saturated heterocycles. The first-order valence-corrected chi connectivity index (χ1v) is 5.63. The summed E-state index contributed by atoms with van der Waals surface area (Å²) in [6.45, 7) is 8.49. The zero-order chi connectivity index (χ0) is 10.0. The van der Waals surface area contributed by atoms with Crippen LogP contribution in [0, 0.1) is 0 Å². The van der Waals surface area contributed by atoms with Crippen LogP contribution in [0.5, 0.6) is 0 Å². The zero-order valence-corrected chi connectivity index (χ0v) is 9.61. The van der Waals surface area contributed by atoms with E-state index in [1.165, 1.54) is 15.6 Å². The molecule has 2 nitrogen and oxygen atoms in total. The molecule has 0 fully saturated rings. The highest BCUT2D eigenvalue weighted by atomic mass is 32.1. The zero-order valence-electron chi connectivity index (χ0n) is 8.79. The number of nitrogens with two attached hydrogens (primary N) is 1. The van der Waals surface area contributed by atoms with Crippen LogP contribution in [0.25, 0.3) is 0 Å². The number of thiazole rings is 1. The largest absolute Gasteiger partial charge is 0.323 e. The fourth-order valence-corrected chi connectivity index (χ4v) is 2.40. The van der Waals surface area contributed by atoms with E-state index < -0.39 is 0 Å². The van der Waals surface area contributed by atoms with E-state index in [2.05, 4.69) is 25.8 Å². The van der Waals surface area contributed by atoms with Crippen molar-refractivity contribution in [3.8, 4) is 0 Å². The summed E-state index contributed by atoms with van der Waals surface area (Å²) in [4.78, 5) is 5.84. The Kier molecular flexibility index (Phi) is 3.45. The van der Waals surface area contributed by atoms with Gasteiger partial charge in [0.15, 0.2) is 0 Å². The average molecular weight is 198 g/mol. The molecule has 0 saturated carbocycles. The molecule has 0 spiro atoms. The number of hydrogen-bond acceptors (Lipinski definition) is 3. The lowest BCUT2D eigenvalue weighted by Crippen LogP contribution is -2.06. The fourth-order valence-electron chi connectivity index (χ4n) is 1.28. The Morgan fingerprint density at radius 1 is 1.38 bits per heavy atom. The molecular weight excluding hydrogens is 180 g/mol. The highest BCUT2D eigenvalue weighted by molar-refractivity contribution is 7.11. The number of aromatic nitrogens is 1. The molecule has 3 heteroatoms. The van der Waals surface area contributed by atoms with Crippen LogP contribution in [-0.4, -0.2) is 4.98 Å². The van der Waals surface area contributed by atoms with Crippen LogP contribution in [0.1, 0.15) is 55.2 Å². The normalized spacial score (nSPS) is 13.7. The molecule has 13 heavy (non-hydrogen) atoms. The van der Waals surface area contributed by atoms with E-state index in [1.807, 2.05) is 6.92 Å². The molecule has 1 atom stereocenters. The van der Waals surface area contributed by atoms with E-state index in [4.69, 9.17) is 5.73 Å². The van der Waals surface area contributed by atoms with Gasteiger partial charge in [-0.3, -0.25) is 0 Å². The summed E-state index contributed by atoms with van der Waals surface area (Å²) in [6.07, 6.45) is 1.01. The Morgan fingerprint density at radius 3 is 2.31 bits per heavy atom. The van der Waals surface area contributed by atoms with Crippen LogP contribution >= 0.6 is 11.3 Å². The first-order valence-electron chi connectivity index (χ1n) is 4.81. The second-order valence-corrected chi connectivity index (χ2v) is 4.77. The maximum absolute atomic E-state index is 5.89. The van der Waals surface area contributed by atoms with Gasteiger partial charge in [-0.1, -0.05) is 20.8 Å². The molecule has 74 valence electrons. The van der Waals surface area contributed by atoms with Crippen LogP contribution in [0.4, 0.5) is 0 Å². The maximum Gasteiger partial charge on any atom is 0.0929 e. The van der Waals surface area contributed by atoms with Crippen LogP contribution in [0.2, 0.25) is 0 Å². The summed E-state index contributed by atoms with van der Waals surface area (Å²) in [7, 11) is 0. The van der Waals surface area contributed by atoms with Crippen LogP contribution in [0.3, 0.4) is 0 Å². The molecule has 1 aromatic rings. The first kappa shape index (κ1) is 10.7. The molecular formula is C10H18N2S. The highest BCUT2D eigenvalue weighted by Crippen LogP contribution is 2.29. The second kappa shape index (κ2) is 4.20. The molecule has 0 aliphatic carbocycles. The molecule has 0 aliphatic heterocycles. The average Bonchev–Trinajstić information content (AvgIpc) is 2.47. The molecule has 0 radical (unpaired) electrons. The smallest absolute Gasteiger partial charge is 0.0929 e. The summed E-state index contributed by atoms with van der Waals surface area (Å²) in [5, 5.41) is 1.20. The fraction of sp³-hybridized carbons (Fsp3) is 0.700. The van der Waals surface area contributed by atoms with Gasteiger partial charge in [0.2, 0.25) is 0 Å². The number of nitrogens with zero attached hydrogens (tertiary/aromatic N) is 1. The van der Waals surface area contributed by atoms with Crippen molar-refractivity contribution >= 4 is 11.3 Å². The van der Waals surface area contributed by atoms with Crippen molar-refractivity contribution < 1.29 is 0 Å². The Morgan fingerprint density at radius 2 is 2.00 bits per heavy atom. The van der Waals surface area contributed by atoms with E-state index in [-0.39, 0.29) is 6.04 Å². The third-order valence-electron chi connectivity index (χ3n) is 1.99. The summed E-state index contributed by atoms with van der Waals surface area (Å²) in [5.41, 5.74) is 7.08. The standard InChI is InChI=1S/C10H18N2S/c1-5-8-12-9(6(2)3)10(13-8)7(4)11/h6-7H,5,11H2,1-4H3. The predicted molar refractivity (Wildman–Crippen MR) is 58.2 cm³/mol. The molecule has 0 bridgehead atoms. The van der Waals surface area contributed by atoms with Gasteiger partial charge in [0.25, 0.3) is 0 Å². The van der Waals surface area contributed by atoms with E-state index >= 15 is 0 Å². The third-order valence-corrected chi connectivity index (χ3v) is 3.40. The Hall–Kier alpha value is -0.410. The highest BCUT2D eigenvalue weighted by Gasteiger charge is 2.15. The molecule has 0 aromatic carbocycles. The van der Waals surface area contributed by atoms with Gasteiger partial charge < -0.3 is 5.73 Å². The second-order valence-electron chi connectivity index (χ2n) is 3.65. The van der Waals surface area contributed by atoms with Gasteiger partial charge in [0.1, 0.15) is 0 Å². The maximum atomic E-state index is 5.89. The number of hydrogen-bond donors (Lipinski definition) is 1. The van der Waals surface area contributed by atoms with E-state index in [9.17, 15) is 0 Å². The molecule has 1 heterocycles. The monoisotopic (exact) mass is 198 g/mol. The van der Waals surface area contributed by atoms with Crippen LogP contribution in [-0.2, 0) is 6.42 Å². The van der Waals surface area contributed by atoms with Crippen molar-refractivity contribution in [2.24, 2.45) is 5.73 Å². The van der Waals surface area contributed by atoms with Gasteiger partial charge in [-0.25, -0.2) is 4.98 Å². The lowest BCUT2D eigenvalue weighted by molar-refractivity contribution is 0.759. The van der Waals surface area contributed by atoms with Gasteiger partial charge in [0, 0.05) is 10.9 Å². The van der Waals surface area contributed by atoms with Crippen molar-refractivity contribution in [2.75, 3.05) is 0 Å². The Balaban J connectivity index is 3.08. The number of rotatable bonds is 3. The quantitative estimate of drug-likeness (QED) is 0.811. The molecule has 2 N–H and O–H groups in total. The lowest BCUT2D eigenvalue weighted by Gasteiger charge is -2.07. The minimum Gasteiger partial charge on any atom is -0.323 e. The van der Waals surface area contributed by atoms with Crippen LogP contribution in [0.15, 0.2) is 0 Å². The Bertz CT molecular complexity index is 251. The van der Waals surface area contributed by atoms with Gasteiger partial charge in [0.05, 0.1) is 10.7 Å². The van der Waals surface area contributed by atoms with E-state index in [0.717, 1.165) is 6.42 Å². The lowest BCUT2D eigenvalue weighted by atomic mass is 10.1. The minimum atomic E-state index is 0.121. The molecule has 0 amide bonds. The molecule has 1 unspecified atom stereocenters. The van der Waals surface area contributed by atoms with Crippen molar-refractivity contribution in [3.05, 3.63) is 15.6 Å². The summed E-state index contributed by atoms with van der Waals surface area (Å²) in [5.74, 6) is 0.484. The SMILES string of the molecule is CCc1nc(C(C)C)c(C(C)N)s1. The van der Waals surface area contributed by atoms with Gasteiger partial charge in [-0.2, -0.15) is 0 Å². The molecule has 1 rings (SSSR count). The van der Waals surface area contributed by atoms with Gasteiger partial charge in [-0.15, -0.1) is 11.3 Å². The molecule has 1 aromatic heterocycles. The summed E-state index contributed by atoms with van der Waals surface area (Å²) >= 11 is 1.76. The summed E-state index contributed by atoms with van der Waals surface area (Å²) < 4.78 is 0. The van der Waals surface area contributed by atoms with Gasteiger partial charge in [-0.05, 0) is 19.3 Å². The Labute approximate surface area is 84.2 Å². The van der Waals surface area contributed by atoms with E-state index in [1.54, 1.807) is 11.3 Å². The topological polar surface area (TPSA) is 38.9 Å². The van der Waals surface area contributed by atoms with Crippen molar-refractivity contribution in [1.82, 2.24) is 4.98 Å². The number of aryl methyl sites for hydroxylation is 1. The first-order chi connectivity index (χ1) is 6.06.